The van der Waals surface area contributed by atoms with Crippen molar-refractivity contribution in [2.24, 2.45) is 0 Å². The van der Waals surface area contributed by atoms with Gasteiger partial charge in [-0.15, -0.1) is 0 Å². The van der Waals surface area contributed by atoms with Crippen LogP contribution in [0.3, 0.4) is 0 Å². The molecule has 0 saturated carbocycles. The largest absolute Gasteiger partial charge is 0.390 e. The van der Waals surface area contributed by atoms with Gasteiger partial charge in [-0.25, -0.2) is 0 Å². The van der Waals surface area contributed by atoms with Crippen molar-refractivity contribution in [1.82, 2.24) is 0 Å². The zero-order chi connectivity index (χ0) is 5.70. The molecule has 0 radical (unpaired) electrons. The van der Waals surface area contributed by atoms with Gasteiger partial charge in [-0.2, -0.15) is 0 Å². The molecule has 0 aromatic heterocycles. The van der Waals surface area contributed by atoms with Crippen LogP contribution in [0.5, 0.6) is 0 Å². The van der Waals surface area contributed by atoms with E-state index in [-0.39, 0.29) is 6.00 Å². The van der Waals surface area contributed by atoms with Crippen LogP contribution in [0.1, 0.15) is 6.92 Å². The SMILES string of the molecule is COC(C)BC=O. The summed E-state index contributed by atoms with van der Waals surface area (Å²) >= 11 is 0. The minimum absolute atomic E-state index is 0.0810. The van der Waals surface area contributed by atoms with Crippen molar-refractivity contribution in [2.45, 2.75) is 12.9 Å². The van der Waals surface area contributed by atoms with Crippen LogP contribution in [0.4, 0.5) is 0 Å². The van der Waals surface area contributed by atoms with Crippen LogP contribution in [-0.2, 0) is 9.53 Å². The standard InChI is InChI=1S/C4H9BO2/c1-4(7-2)5-3-6/h3-5H,1-2H3. The van der Waals surface area contributed by atoms with E-state index in [9.17, 15) is 4.79 Å². The summed E-state index contributed by atoms with van der Waals surface area (Å²) in [6.45, 7) is 1.86. The summed E-state index contributed by atoms with van der Waals surface area (Å²) in [6.07, 6.45) is 0.855. The molecule has 0 rings (SSSR count). The molecule has 0 N–H and O–H groups in total. The number of carbonyl (C=O) groups excluding carboxylic acids is 1. The fraction of sp³-hybridized carbons (Fsp3) is 0.750. The lowest BCUT2D eigenvalue weighted by atomic mass is 9.75. The van der Waals surface area contributed by atoms with Crippen molar-refractivity contribution in [2.75, 3.05) is 7.11 Å². The van der Waals surface area contributed by atoms with Crippen LogP contribution < -0.4 is 0 Å². The van der Waals surface area contributed by atoms with Crippen LogP contribution in [0.2, 0.25) is 0 Å². The number of rotatable bonds is 3. The van der Waals surface area contributed by atoms with Gasteiger partial charge in [-0.1, -0.05) is 0 Å². The monoisotopic (exact) mass is 100 g/mol. The maximum absolute atomic E-state index is 9.69. The van der Waals surface area contributed by atoms with Gasteiger partial charge in [0.1, 0.15) is 0 Å². The van der Waals surface area contributed by atoms with Crippen molar-refractivity contribution in [3.8, 4) is 0 Å². The highest BCUT2D eigenvalue weighted by atomic mass is 16.5. The van der Waals surface area contributed by atoms with Crippen molar-refractivity contribution in [3.63, 3.8) is 0 Å². The van der Waals surface area contributed by atoms with Gasteiger partial charge < -0.3 is 9.53 Å². The second-order valence-corrected chi connectivity index (χ2v) is 1.45. The average molecular weight is 99.9 g/mol. The van der Waals surface area contributed by atoms with Crippen molar-refractivity contribution >= 4 is 13.5 Å². The molecule has 0 aliphatic carbocycles. The van der Waals surface area contributed by atoms with Crippen LogP contribution >= 0.6 is 0 Å². The minimum Gasteiger partial charge on any atom is -0.390 e. The van der Waals surface area contributed by atoms with Crippen LogP contribution in [0, 0.1) is 0 Å². The third kappa shape index (κ3) is 3.53. The molecule has 0 spiro atoms. The highest BCUT2D eigenvalue weighted by Crippen LogP contribution is 1.78. The average Bonchev–Trinajstić information content (AvgIpc) is 1.68. The summed E-state index contributed by atoms with van der Waals surface area (Å²) in [4.78, 5) is 9.69. The quantitative estimate of drug-likeness (QED) is 0.356. The molecule has 1 unspecified atom stereocenters. The number of hydrogen-bond acceptors (Lipinski definition) is 2. The molecule has 0 fully saturated rings. The van der Waals surface area contributed by atoms with Gasteiger partial charge in [0.2, 0.25) is 7.28 Å². The maximum Gasteiger partial charge on any atom is 0.234 e. The van der Waals surface area contributed by atoms with Crippen LogP contribution in [-0.4, -0.2) is 26.6 Å². The molecule has 0 heterocycles. The fourth-order valence-electron chi connectivity index (χ4n) is 0.232. The van der Waals surface area contributed by atoms with Crippen molar-refractivity contribution < 1.29 is 9.53 Å². The fourth-order valence-corrected chi connectivity index (χ4v) is 0.232. The van der Waals surface area contributed by atoms with Crippen LogP contribution in [0.15, 0.2) is 0 Å². The zero-order valence-corrected chi connectivity index (χ0v) is 4.68. The Labute approximate surface area is 44.1 Å². The Morgan fingerprint density at radius 1 is 1.86 bits per heavy atom. The van der Waals surface area contributed by atoms with Gasteiger partial charge in [0.25, 0.3) is 0 Å². The lowest BCUT2D eigenvalue weighted by molar-refractivity contribution is 0.180. The lowest BCUT2D eigenvalue weighted by Gasteiger charge is -1.99. The highest BCUT2D eigenvalue weighted by molar-refractivity contribution is 6.67. The van der Waals surface area contributed by atoms with E-state index in [1.54, 1.807) is 7.11 Å². The summed E-state index contributed by atoms with van der Waals surface area (Å²) in [7, 11) is 2.09. The van der Waals surface area contributed by atoms with Crippen LogP contribution in [0.25, 0.3) is 0 Å². The first-order valence-corrected chi connectivity index (χ1v) is 2.27. The Hall–Kier alpha value is -0.305. The summed E-state index contributed by atoms with van der Waals surface area (Å²) in [5.74, 6) is 0. The molecule has 0 bridgehead atoms. The Morgan fingerprint density at radius 3 is 2.57 bits per heavy atom. The highest BCUT2D eigenvalue weighted by Gasteiger charge is 1.97. The minimum atomic E-state index is 0.0810. The van der Waals surface area contributed by atoms with E-state index in [0.717, 1.165) is 6.19 Å². The molecule has 1 atom stereocenters. The second-order valence-electron chi connectivity index (χ2n) is 1.45. The first kappa shape index (κ1) is 6.69. The van der Waals surface area contributed by atoms with E-state index in [1.165, 1.54) is 0 Å². The lowest BCUT2D eigenvalue weighted by Crippen LogP contribution is -2.15. The predicted molar refractivity (Wildman–Crippen MR) is 30.4 cm³/mol. The van der Waals surface area contributed by atoms with Gasteiger partial charge >= 0.3 is 0 Å². The number of hydrogen-bond donors (Lipinski definition) is 0. The summed E-state index contributed by atoms with van der Waals surface area (Å²) in [5, 5.41) is 0. The summed E-state index contributed by atoms with van der Waals surface area (Å²) < 4.78 is 4.76. The van der Waals surface area contributed by atoms with E-state index >= 15 is 0 Å². The number of carbonyl (C=O) groups is 1. The topological polar surface area (TPSA) is 26.3 Å². The van der Waals surface area contributed by atoms with E-state index in [0.29, 0.717) is 7.28 Å². The molecule has 40 valence electrons. The Morgan fingerprint density at radius 2 is 2.43 bits per heavy atom. The van der Waals surface area contributed by atoms with Gasteiger partial charge in [0, 0.05) is 13.1 Å². The molecular weight excluding hydrogens is 90.9 g/mol. The van der Waals surface area contributed by atoms with Crippen molar-refractivity contribution in [1.29, 1.82) is 0 Å². The number of ether oxygens (including phenoxy) is 1. The van der Waals surface area contributed by atoms with Gasteiger partial charge in [-0.3, -0.25) is 0 Å². The molecule has 0 aliphatic rings. The number of methoxy groups -OCH3 is 1. The third-order valence-electron chi connectivity index (χ3n) is 0.831. The molecule has 7 heavy (non-hydrogen) atoms. The van der Waals surface area contributed by atoms with E-state index in [4.69, 9.17) is 4.74 Å². The van der Waals surface area contributed by atoms with E-state index in [2.05, 4.69) is 0 Å². The normalized spacial score (nSPS) is 12.9. The molecule has 0 amide bonds. The molecule has 0 aromatic rings. The third-order valence-corrected chi connectivity index (χ3v) is 0.831. The Bertz CT molecular complexity index is 55.7. The zero-order valence-electron chi connectivity index (χ0n) is 4.68. The Balaban J connectivity index is 2.98. The molecule has 0 saturated heterocycles. The summed E-state index contributed by atoms with van der Waals surface area (Å²) in [5.41, 5.74) is 0. The predicted octanol–water partition coefficient (Wildman–Crippen LogP) is -0.395. The molecule has 3 heteroatoms. The molecule has 0 aliphatic heterocycles. The molecular formula is C4H9BO2. The Kier molecular flexibility index (Phi) is 3.70. The van der Waals surface area contributed by atoms with Crippen molar-refractivity contribution in [3.05, 3.63) is 0 Å². The molecule has 0 aromatic carbocycles. The van der Waals surface area contributed by atoms with Gasteiger partial charge in [0.15, 0.2) is 0 Å². The molecule has 2 nitrogen and oxygen atoms in total. The maximum atomic E-state index is 9.69. The first-order valence-electron chi connectivity index (χ1n) is 2.27. The van der Waals surface area contributed by atoms with E-state index in [1.807, 2.05) is 6.92 Å². The van der Waals surface area contributed by atoms with E-state index < -0.39 is 0 Å². The van der Waals surface area contributed by atoms with Gasteiger partial charge in [0.05, 0.1) is 6.19 Å². The smallest absolute Gasteiger partial charge is 0.234 e. The second kappa shape index (κ2) is 3.87. The van der Waals surface area contributed by atoms with Gasteiger partial charge in [-0.05, 0) is 6.92 Å². The summed E-state index contributed by atoms with van der Waals surface area (Å²) in [6, 6.07) is 0.0810. The first-order chi connectivity index (χ1) is 3.31.